The second-order valence-electron chi connectivity index (χ2n) is 5.54. The van der Waals surface area contributed by atoms with Crippen LogP contribution in [-0.2, 0) is 10.0 Å². The van der Waals surface area contributed by atoms with Gasteiger partial charge in [0.1, 0.15) is 5.01 Å². The van der Waals surface area contributed by atoms with Crippen molar-refractivity contribution in [2.75, 3.05) is 6.54 Å². The first kappa shape index (κ1) is 16.1. The van der Waals surface area contributed by atoms with Gasteiger partial charge in [-0.2, -0.15) is 0 Å². The van der Waals surface area contributed by atoms with Crippen LogP contribution in [0.3, 0.4) is 0 Å². The van der Waals surface area contributed by atoms with Crippen molar-refractivity contribution in [3.05, 3.63) is 42.5 Å². The second kappa shape index (κ2) is 5.83. The lowest BCUT2D eigenvalue weighted by Crippen LogP contribution is -2.22. The van der Waals surface area contributed by atoms with Crippen LogP contribution in [0.2, 0.25) is 0 Å². The molecule has 0 fully saturated rings. The molecule has 25 heavy (non-hydrogen) atoms. The van der Waals surface area contributed by atoms with Crippen molar-refractivity contribution in [1.82, 2.24) is 14.7 Å². The van der Waals surface area contributed by atoms with Crippen molar-refractivity contribution in [2.45, 2.75) is 11.8 Å². The minimum Gasteiger partial charge on any atom is -0.494 e. The van der Waals surface area contributed by atoms with E-state index in [0.717, 1.165) is 10.2 Å². The summed E-state index contributed by atoms with van der Waals surface area (Å²) in [6.45, 7) is 2.04. The van der Waals surface area contributed by atoms with E-state index in [9.17, 15) is 13.5 Å². The molecular weight excluding hydrogens is 358 g/mol. The van der Waals surface area contributed by atoms with Gasteiger partial charge in [0.25, 0.3) is 0 Å². The number of para-hydroxylation sites is 1. The summed E-state index contributed by atoms with van der Waals surface area (Å²) in [6, 6.07) is 12.4. The molecule has 0 aliphatic rings. The summed E-state index contributed by atoms with van der Waals surface area (Å²) in [4.78, 5) is 7.61. The van der Waals surface area contributed by atoms with Crippen molar-refractivity contribution >= 4 is 42.5 Å². The maximum atomic E-state index is 12.3. The summed E-state index contributed by atoms with van der Waals surface area (Å²) in [5.74, 6) is -0.0212. The van der Waals surface area contributed by atoms with Crippen molar-refractivity contribution in [1.29, 1.82) is 0 Å². The quantitative estimate of drug-likeness (QED) is 0.511. The average Bonchev–Trinajstić information content (AvgIpc) is 3.13. The summed E-state index contributed by atoms with van der Waals surface area (Å²) in [5, 5.41) is 11.6. The summed E-state index contributed by atoms with van der Waals surface area (Å²) < 4.78 is 28.0. The summed E-state index contributed by atoms with van der Waals surface area (Å²) in [7, 11) is -3.58. The third kappa shape index (κ3) is 2.68. The standard InChI is InChI=1S/C17H15N3O3S2/c1-2-18-25(22,23)10-7-8-12-11(9-10)15(16(21)19-12)17-20-13-5-3-4-6-14(13)24-17/h3-9,18-19,21H,2H2,1H3. The molecule has 6 nitrogen and oxygen atoms in total. The maximum Gasteiger partial charge on any atom is 0.240 e. The number of benzene rings is 2. The zero-order valence-electron chi connectivity index (χ0n) is 13.3. The van der Waals surface area contributed by atoms with Crippen LogP contribution < -0.4 is 4.72 Å². The maximum absolute atomic E-state index is 12.3. The number of nitrogens with one attached hydrogen (secondary N) is 2. The van der Waals surface area contributed by atoms with Crippen molar-refractivity contribution in [2.24, 2.45) is 0 Å². The summed E-state index contributed by atoms with van der Waals surface area (Å²) >= 11 is 1.45. The number of fused-ring (bicyclic) bond motifs is 2. The van der Waals surface area contributed by atoms with E-state index in [2.05, 4.69) is 14.7 Å². The van der Waals surface area contributed by atoms with Crippen molar-refractivity contribution in [3.8, 4) is 16.5 Å². The summed E-state index contributed by atoms with van der Waals surface area (Å²) in [5.41, 5.74) is 2.01. The van der Waals surface area contributed by atoms with E-state index in [1.807, 2.05) is 24.3 Å². The number of H-pyrrole nitrogens is 1. The van der Waals surface area contributed by atoms with Crippen LogP contribution in [0.5, 0.6) is 5.88 Å². The van der Waals surface area contributed by atoms with Crippen molar-refractivity contribution < 1.29 is 13.5 Å². The average molecular weight is 373 g/mol. The highest BCUT2D eigenvalue weighted by Gasteiger charge is 2.20. The summed E-state index contributed by atoms with van der Waals surface area (Å²) in [6.07, 6.45) is 0. The Hall–Kier alpha value is -2.42. The Morgan fingerprint density at radius 1 is 1.24 bits per heavy atom. The van der Waals surface area contributed by atoms with E-state index in [1.54, 1.807) is 19.1 Å². The van der Waals surface area contributed by atoms with Crippen LogP contribution >= 0.6 is 11.3 Å². The number of hydrogen-bond acceptors (Lipinski definition) is 5. The number of thiazole rings is 1. The first-order valence-corrected chi connectivity index (χ1v) is 10.00. The minimum atomic E-state index is -3.58. The molecule has 0 radical (unpaired) electrons. The molecule has 0 aliphatic carbocycles. The number of nitrogens with zero attached hydrogens (tertiary/aromatic N) is 1. The lowest BCUT2D eigenvalue weighted by molar-refractivity contribution is 0.460. The van der Waals surface area contributed by atoms with Gasteiger partial charge in [-0.25, -0.2) is 18.1 Å². The number of hydrogen-bond donors (Lipinski definition) is 3. The van der Waals surface area contributed by atoms with E-state index in [0.29, 0.717) is 28.0 Å². The third-order valence-corrected chi connectivity index (χ3v) is 6.50. The molecule has 4 rings (SSSR count). The van der Waals surface area contributed by atoms with Gasteiger partial charge < -0.3 is 10.1 Å². The highest BCUT2D eigenvalue weighted by Crippen LogP contribution is 2.40. The molecule has 0 unspecified atom stereocenters. The van der Waals surface area contributed by atoms with Gasteiger partial charge in [0, 0.05) is 17.4 Å². The number of aromatic hydroxyl groups is 1. The zero-order chi connectivity index (χ0) is 17.6. The minimum absolute atomic E-state index is 0.0212. The van der Waals surface area contributed by atoms with Gasteiger partial charge in [0.15, 0.2) is 5.88 Å². The van der Waals surface area contributed by atoms with Gasteiger partial charge in [0.2, 0.25) is 10.0 Å². The van der Waals surface area contributed by atoms with Gasteiger partial charge in [0.05, 0.1) is 20.7 Å². The first-order valence-electron chi connectivity index (χ1n) is 7.70. The molecule has 0 aliphatic heterocycles. The van der Waals surface area contributed by atoms with Crippen LogP contribution in [0.4, 0.5) is 0 Å². The second-order valence-corrected chi connectivity index (χ2v) is 8.34. The van der Waals surface area contributed by atoms with E-state index in [-0.39, 0.29) is 10.8 Å². The molecule has 2 aromatic heterocycles. The van der Waals surface area contributed by atoms with Crippen LogP contribution in [0.15, 0.2) is 47.4 Å². The van der Waals surface area contributed by atoms with Crippen LogP contribution in [0.1, 0.15) is 6.92 Å². The number of aromatic amines is 1. The molecule has 0 amide bonds. The van der Waals surface area contributed by atoms with Crippen LogP contribution in [-0.4, -0.2) is 30.0 Å². The smallest absolute Gasteiger partial charge is 0.240 e. The Morgan fingerprint density at radius 2 is 2.04 bits per heavy atom. The molecule has 0 saturated heterocycles. The SMILES string of the molecule is CCNS(=O)(=O)c1ccc2[nH]c(O)c(-c3nc4ccccc4s3)c2c1. The Labute approximate surface area is 148 Å². The van der Waals surface area contributed by atoms with E-state index in [4.69, 9.17) is 0 Å². The lowest BCUT2D eigenvalue weighted by Gasteiger charge is -2.04. The van der Waals surface area contributed by atoms with E-state index >= 15 is 0 Å². The molecule has 2 heterocycles. The molecule has 0 bridgehead atoms. The third-order valence-electron chi connectivity index (χ3n) is 3.90. The van der Waals surface area contributed by atoms with Crippen molar-refractivity contribution in [3.63, 3.8) is 0 Å². The highest BCUT2D eigenvalue weighted by molar-refractivity contribution is 7.89. The largest absolute Gasteiger partial charge is 0.494 e. The number of sulfonamides is 1. The van der Waals surface area contributed by atoms with Crippen LogP contribution in [0, 0.1) is 0 Å². The first-order chi connectivity index (χ1) is 12.0. The fourth-order valence-corrected chi connectivity index (χ4v) is 4.89. The molecular formula is C17H15N3O3S2. The molecule has 128 valence electrons. The Morgan fingerprint density at radius 3 is 2.80 bits per heavy atom. The van der Waals surface area contributed by atoms with Crippen LogP contribution in [0.25, 0.3) is 31.7 Å². The molecule has 3 N–H and O–H groups in total. The zero-order valence-corrected chi connectivity index (χ0v) is 14.9. The molecule has 4 aromatic rings. The van der Waals surface area contributed by atoms with Gasteiger partial charge in [-0.1, -0.05) is 19.1 Å². The Bertz CT molecular complexity index is 1160. The Kier molecular flexibility index (Phi) is 3.75. The van der Waals surface area contributed by atoms with E-state index in [1.165, 1.54) is 17.4 Å². The lowest BCUT2D eigenvalue weighted by atomic mass is 10.2. The molecule has 0 spiro atoms. The number of rotatable bonds is 4. The monoisotopic (exact) mass is 373 g/mol. The predicted molar refractivity (Wildman–Crippen MR) is 99.4 cm³/mol. The fraction of sp³-hybridized carbons (Fsp3) is 0.118. The molecule has 2 aromatic carbocycles. The Balaban J connectivity index is 1.95. The van der Waals surface area contributed by atoms with Gasteiger partial charge in [-0.05, 0) is 30.3 Å². The topological polar surface area (TPSA) is 95.1 Å². The predicted octanol–water partition coefficient (Wildman–Crippen LogP) is 3.45. The normalized spacial score (nSPS) is 12.2. The molecule has 0 saturated carbocycles. The molecule has 8 heteroatoms. The highest BCUT2D eigenvalue weighted by atomic mass is 32.2. The molecule has 0 atom stereocenters. The van der Waals surface area contributed by atoms with Gasteiger partial charge in [-0.3, -0.25) is 0 Å². The van der Waals surface area contributed by atoms with Gasteiger partial charge >= 0.3 is 0 Å². The fourth-order valence-electron chi connectivity index (χ4n) is 2.79. The number of aromatic nitrogens is 2. The van der Waals surface area contributed by atoms with E-state index < -0.39 is 10.0 Å². The van der Waals surface area contributed by atoms with Gasteiger partial charge in [-0.15, -0.1) is 11.3 Å².